The molecule has 1 N–H and O–H groups in total. The molecular formula is C14H19NO3. The van der Waals surface area contributed by atoms with Crippen LogP contribution in [-0.2, 0) is 9.57 Å². The van der Waals surface area contributed by atoms with Crippen molar-refractivity contribution in [2.45, 2.75) is 33.3 Å². The van der Waals surface area contributed by atoms with Crippen LogP contribution < -0.4 is 5.48 Å². The van der Waals surface area contributed by atoms with Gasteiger partial charge in [-0.3, -0.25) is 0 Å². The molecular weight excluding hydrogens is 230 g/mol. The zero-order chi connectivity index (χ0) is 13.8. The lowest BCUT2D eigenvalue weighted by atomic mass is 10.2. The highest BCUT2D eigenvalue weighted by Crippen LogP contribution is 2.10. The predicted molar refractivity (Wildman–Crippen MR) is 69.7 cm³/mol. The van der Waals surface area contributed by atoms with Crippen LogP contribution in [0.2, 0.25) is 0 Å². The number of carbonyl (C=O) groups is 1. The molecule has 0 aliphatic carbocycles. The van der Waals surface area contributed by atoms with Gasteiger partial charge in [0.25, 0.3) is 0 Å². The van der Waals surface area contributed by atoms with Crippen molar-refractivity contribution in [1.82, 2.24) is 5.48 Å². The first-order valence-corrected chi connectivity index (χ1v) is 5.70. The first-order chi connectivity index (χ1) is 8.28. The number of hydroxylamine groups is 1. The third kappa shape index (κ3) is 4.91. The molecule has 18 heavy (non-hydrogen) atoms. The fraction of sp³-hybridized carbons (Fsp3) is 0.357. The lowest BCUT2D eigenvalue weighted by molar-refractivity contribution is -0.0187. The van der Waals surface area contributed by atoms with E-state index < -0.39 is 5.97 Å². The molecule has 0 aromatic heterocycles. The normalized spacial score (nSPS) is 10.7. The summed E-state index contributed by atoms with van der Waals surface area (Å²) in [7, 11) is 0. The van der Waals surface area contributed by atoms with Crippen LogP contribution in [0.3, 0.4) is 0 Å². The van der Waals surface area contributed by atoms with Gasteiger partial charge in [0, 0.05) is 0 Å². The van der Waals surface area contributed by atoms with Gasteiger partial charge in [-0.1, -0.05) is 17.7 Å². The van der Waals surface area contributed by atoms with E-state index in [4.69, 9.17) is 9.57 Å². The molecule has 0 aliphatic heterocycles. The molecule has 0 radical (unpaired) electrons. The molecule has 0 fully saturated rings. The minimum atomic E-state index is -0.478. The van der Waals surface area contributed by atoms with Gasteiger partial charge < -0.3 is 9.57 Å². The Balaban J connectivity index is 2.47. The number of hydrogen-bond donors (Lipinski definition) is 1. The van der Waals surface area contributed by atoms with Crippen LogP contribution in [0, 0.1) is 6.92 Å². The second kappa shape index (κ2) is 5.58. The number of carbonyl (C=O) groups excluding carboxylic acids is 1. The largest absolute Gasteiger partial charge is 0.472 e. The number of benzene rings is 1. The molecule has 0 spiro atoms. The van der Waals surface area contributed by atoms with E-state index in [0.717, 1.165) is 5.56 Å². The molecule has 0 saturated heterocycles. The van der Waals surface area contributed by atoms with Crippen molar-refractivity contribution >= 4 is 5.97 Å². The van der Waals surface area contributed by atoms with Crippen LogP contribution >= 0.6 is 0 Å². The van der Waals surface area contributed by atoms with Crippen molar-refractivity contribution in [3.05, 3.63) is 47.9 Å². The highest BCUT2D eigenvalue weighted by atomic mass is 16.7. The molecule has 0 amide bonds. The van der Waals surface area contributed by atoms with E-state index in [-0.39, 0.29) is 11.5 Å². The minimum absolute atomic E-state index is 0.197. The van der Waals surface area contributed by atoms with Crippen molar-refractivity contribution in [2.24, 2.45) is 0 Å². The topological polar surface area (TPSA) is 47.6 Å². The van der Waals surface area contributed by atoms with E-state index in [1.807, 2.05) is 39.8 Å². The summed E-state index contributed by atoms with van der Waals surface area (Å²) in [6.07, 6.45) is 0. The Bertz CT molecular complexity index is 429. The number of nitrogens with one attached hydrogen (secondary N) is 1. The van der Waals surface area contributed by atoms with Crippen LogP contribution in [0.15, 0.2) is 36.7 Å². The summed E-state index contributed by atoms with van der Waals surface area (Å²) in [5.41, 5.74) is 3.55. The van der Waals surface area contributed by atoms with Crippen molar-refractivity contribution in [2.75, 3.05) is 0 Å². The molecule has 4 nitrogen and oxygen atoms in total. The van der Waals surface area contributed by atoms with Crippen LogP contribution in [0.25, 0.3) is 0 Å². The minimum Gasteiger partial charge on any atom is -0.472 e. The monoisotopic (exact) mass is 249 g/mol. The van der Waals surface area contributed by atoms with Gasteiger partial charge in [-0.2, -0.15) is 5.48 Å². The van der Waals surface area contributed by atoms with E-state index in [1.54, 1.807) is 12.1 Å². The van der Waals surface area contributed by atoms with Gasteiger partial charge in [0.05, 0.1) is 5.56 Å². The first kappa shape index (κ1) is 14.1. The van der Waals surface area contributed by atoms with Crippen LogP contribution in [-0.4, -0.2) is 11.6 Å². The third-order valence-electron chi connectivity index (χ3n) is 1.97. The Morgan fingerprint density at radius 3 is 2.28 bits per heavy atom. The average Bonchev–Trinajstić information content (AvgIpc) is 2.24. The van der Waals surface area contributed by atoms with Crippen LogP contribution in [0.1, 0.15) is 36.7 Å². The quantitative estimate of drug-likeness (QED) is 0.658. The van der Waals surface area contributed by atoms with Crippen LogP contribution in [0.5, 0.6) is 0 Å². The lowest BCUT2D eigenvalue weighted by Crippen LogP contribution is -2.27. The molecule has 4 heteroatoms. The van der Waals surface area contributed by atoms with Crippen molar-refractivity contribution in [3.63, 3.8) is 0 Å². The fourth-order valence-electron chi connectivity index (χ4n) is 1.24. The molecule has 1 aromatic carbocycles. The highest BCUT2D eigenvalue weighted by Gasteiger charge is 2.14. The molecule has 1 rings (SSSR count). The zero-order valence-electron chi connectivity index (χ0n) is 11.2. The maximum absolute atomic E-state index is 11.6. The number of rotatable bonds is 4. The van der Waals surface area contributed by atoms with Crippen molar-refractivity contribution < 1.29 is 14.4 Å². The molecule has 98 valence electrons. The summed E-state index contributed by atoms with van der Waals surface area (Å²) in [6, 6.07) is 7.09. The van der Waals surface area contributed by atoms with E-state index in [1.165, 1.54) is 0 Å². The standard InChI is InChI=1S/C14H19NO3/c1-10-6-8-12(9-7-10)13(16)18-15-11(2)17-14(3,4)5/h6-9,15H,2H2,1,3-5H3. The van der Waals surface area contributed by atoms with Gasteiger partial charge in [0.15, 0.2) is 0 Å². The first-order valence-electron chi connectivity index (χ1n) is 5.70. The van der Waals surface area contributed by atoms with Gasteiger partial charge >= 0.3 is 5.97 Å². The van der Waals surface area contributed by atoms with Gasteiger partial charge in [0.1, 0.15) is 5.60 Å². The van der Waals surface area contributed by atoms with E-state index in [0.29, 0.717) is 5.56 Å². The molecule has 0 aliphatic rings. The Morgan fingerprint density at radius 2 is 1.78 bits per heavy atom. The Labute approximate surface area is 108 Å². The molecule has 0 unspecified atom stereocenters. The molecule has 0 atom stereocenters. The maximum Gasteiger partial charge on any atom is 0.362 e. The second-order valence-electron chi connectivity index (χ2n) is 5.00. The predicted octanol–water partition coefficient (Wildman–Crippen LogP) is 2.94. The zero-order valence-corrected chi connectivity index (χ0v) is 11.2. The lowest BCUT2D eigenvalue weighted by Gasteiger charge is -2.22. The SMILES string of the molecule is C=C(NOC(=O)c1ccc(C)cc1)OC(C)(C)C. The van der Waals surface area contributed by atoms with E-state index >= 15 is 0 Å². The second-order valence-corrected chi connectivity index (χ2v) is 5.00. The van der Waals surface area contributed by atoms with E-state index in [9.17, 15) is 4.79 Å². The average molecular weight is 249 g/mol. The van der Waals surface area contributed by atoms with Crippen LogP contribution in [0.4, 0.5) is 0 Å². The van der Waals surface area contributed by atoms with Gasteiger partial charge in [-0.05, 0) is 46.4 Å². The molecule has 0 bridgehead atoms. The smallest absolute Gasteiger partial charge is 0.362 e. The molecule has 1 aromatic rings. The Hall–Kier alpha value is -1.97. The summed E-state index contributed by atoms with van der Waals surface area (Å²) in [5.74, 6) is -0.281. The van der Waals surface area contributed by atoms with Crippen molar-refractivity contribution in [3.8, 4) is 0 Å². The van der Waals surface area contributed by atoms with Gasteiger partial charge in [-0.15, -0.1) is 0 Å². The summed E-state index contributed by atoms with van der Waals surface area (Å²) >= 11 is 0. The maximum atomic E-state index is 11.6. The fourth-order valence-corrected chi connectivity index (χ4v) is 1.24. The number of aryl methyl sites for hydroxylation is 1. The molecule has 0 heterocycles. The summed E-state index contributed by atoms with van der Waals surface area (Å²) in [6.45, 7) is 11.2. The van der Waals surface area contributed by atoms with E-state index in [2.05, 4.69) is 12.1 Å². The van der Waals surface area contributed by atoms with Gasteiger partial charge in [-0.25, -0.2) is 4.79 Å². The van der Waals surface area contributed by atoms with Gasteiger partial charge in [0.2, 0.25) is 5.88 Å². The Kier molecular flexibility index (Phi) is 4.37. The molecule has 0 saturated carbocycles. The summed E-state index contributed by atoms with van der Waals surface area (Å²) < 4.78 is 5.36. The summed E-state index contributed by atoms with van der Waals surface area (Å²) in [4.78, 5) is 16.5. The highest BCUT2D eigenvalue weighted by molar-refractivity contribution is 5.89. The Morgan fingerprint density at radius 1 is 1.22 bits per heavy atom. The number of hydrogen-bond acceptors (Lipinski definition) is 4. The number of ether oxygens (including phenoxy) is 1. The van der Waals surface area contributed by atoms with Crippen molar-refractivity contribution in [1.29, 1.82) is 0 Å². The summed E-state index contributed by atoms with van der Waals surface area (Å²) in [5, 5.41) is 0. The third-order valence-corrected chi connectivity index (χ3v) is 1.97.